The van der Waals surface area contributed by atoms with Crippen LogP contribution in [0.25, 0.3) is 0 Å². The summed E-state index contributed by atoms with van der Waals surface area (Å²) in [5.41, 5.74) is 0.321. The summed E-state index contributed by atoms with van der Waals surface area (Å²) < 4.78 is 0. The molecule has 6 heteroatoms. The number of carbonyl (C=O) groups excluding carboxylic acids is 1. The van der Waals surface area contributed by atoms with E-state index in [0.29, 0.717) is 0 Å². The molecule has 2 rings (SSSR count). The van der Waals surface area contributed by atoms with Crippen molar-refractivity contribution in [1.29, 1.82) is 0 Å². The first-order chi connectivity index (χ1) is 9.99. The van der Waals surface area contributed by atoms with Crippen LogP contribution in [0.4, 0.5) is 0 Å². The molecule has 21 heavy (non-hydrogen) atoms. The lowest BCUT2D eigenvalue weighted by Gasteiger charge is -2.24. The van der Waals surface area contributed by atoms with E-state index >= 15 is 0 Å². The molecule has 0 saturated heterocycles. The van der Waals surface area contributed by atoms with Crippen molar-refractivity contribution in [2.75, 3.05) is 7.05 Å². The normalized spacial score (nSPS) is 11.9. The zero-order valence-corrected chi connectivity index (χ0v) is 12.6. The van der Waals surface area contributed by atoms with Crippen LogP contribution in [0.2, 0.25) is 0 Å². The van der Waals surface area contributed by atoms with Crippen LogP contribution in [0.3, 0.4) is 0 Å². The van der Waals surface area contributed by atoms with Gasteiger partial charge in [-0.2, -0.15) is 0 Å². The summed E-state index contributed by atoms with van der Waals surface area (Å²) in [7, 11) is 1.73. The van der Waals surface area contributed by atoms with E-state index in [2.05, 4.69) is 4.98 Å². The number of hydrogen-bond acceptors (Lipinski definition) is 4. The predicted octanol–water partition coefficient (Wildman–Crippen LogP) is 2.54. The van der Waals surface area contributed by atoms with Gasteiger partial charge in [0.05, 0.1) is 5.56 Å². The molecule has 2 aromatic heterocycles. The lowest BCUT2D eigenvalue weighted by Crippen LogP contribution is -2.36. The Kier molecular flexibility index (Phi) is 4.70. The van der Waals surface area contributed by atoms with Crippen molar-refractivity contribution >= 4 is 23.2 Å². The van der Waals surface area contributed by atoms with Crippen LogP contribution in [-0.4, -0.2) is 40.0 Å². The maximum Gasteiger partial charge on any atom is 0.337 e. The molecule has 0 saturated carbocycles. The molecule has 0 fully saturated rings. The molecule has 0 aromatic carbocycles. The second-order valence-corrected chi connectivity index (χ2v) is 5.82. The van der Waals surface area contributed by atoms with Crippen molar-refractivity contribution in [3.63, 3.8) is 0 Å². The van der Waals surface area contributed by atoms with Gasteiger partial charge in [-0.1, -0.05) is 6.07 Å². The van der Waals surface area contributed by atoms with E-state index in [4.69, 9.17) is 5.11 Å². The molecule has 2 aromatic rings. The number of aromatic nitrogens is 1. The zero-order chi connectivity index (χ0) is 15.4. The zero-order valence-electron chi connectivity index (χ0n) is 11.8. The lowest BCUT2D eigenvalue weighted by molar-refractivity contribution is 0.0691. The second-order valence-electron chi connectivity index (χ2n) is 4.79. The predicted molar refractivity (Wildman–Crippen MR) is 80.8 cm³/mol. The summed E-state index contributed by atoms with van der Waals surface area (Å²) in [6.45, 7) is 1.98. The summed E-state index contributed by atoms with van der Waals surface area (Å²) in [4.78, 5) is 29.9. The third kappa shape index (κ3) is 3.66. The minimum atomic E-state index is -1.05. The van der Waals surface area contributed by atoms with Crippen LogP contribution in [0, 0.1) is 0 Å². The second kappa shape index (κ2) is 6.49. The fraction of sp³-hybridized carbons (Fsp3) is 0.267. The Balaban J connectivity index is 2.05. The molecule has 5 nitrogen and oxygen atoms in total. The average Bonchev–Trinajstić information content (AvgIpc) is 2.98. The van der Waals surface area contributed by atoms with Crippen LogP contribution in [0.5, 0.6) is 0 Å². The largest absolute Gasteiger partial charge is 0.478 e. The standard InChI is InChI=1S/C15H16N2O3S/c1-10(8-12-4-3-7-21-12)17(2)14(18)13-6-5-11(9-16-13)15(19)20/h3-7,9-10H,8H2,1-2H3,(H,19,20). The minimum Gasteiger partial charge on any atom is -0.478 e. The van der Waals surface area contributed by atoms with Gasteiger partial charge in [0.2, 0.25) is 0 Å². The highest BCUT2D eigenvalue weighted by Gasteiger charge is 2.19. The molecule has 0 aliphatic carbocycles. The van der Waals surface area contributed by atoms with Crippen LogP contribution in [0.15, 0.2) is 35.8 Å². The smallest absolute Gasteiger partial charge is 0.337 e. The van der Waals surface area contributed by atoms with Gasteiger partial charge in [0.15, 0.2) is 0 Å². The molecule has 0 bridgehead atoms. The van der Waals surface area contributed by atoms with Gasteiger partial charge in [-0.15, -0.1) is 11.3 Å². The first kappa shape index (κ1) is 15.2. The Hall–Kier alpha value is -2.21. The number of carboxylic acids is 1. The Morgan fingerprint density at radius 1 is 1.38 bits per heavy atom. The van der Waals surface area contributed by atoms with Gasteiger partial charge in [0.25, 0.3) is 5.91 Å². The van der Waals surface area contributed by atoms with Crippen molar-refractivity contribution in [1.82, 2.24) is 9.88 Å². The molecule has 1 amide bonds. The van der Waals surface area contributed by atoms with Gasteiger partial charge >= 0.3 is 5.97 Å². The molecule has 2 heterocycles. The molecule has 1 unspecified atom stereocenters. The maximum absolute atomic E-state index is 12.3. The number of likely N-dealkylation sites (N-methyl/N-ethyl adjacent to an activating group) is 1. The van der Waals surface area contributed by atoms with E-state index in [1.165, 1.54) is 23.2 Å². The highest BCUT2D eigenvalue weighted by atomic mass is 32.1. The highest BCUT2D eigenvalue weighted by Crippen LogP contribution is 2.15. The van der Waals surface area contributed by atoms with Crippen LogP contribution < -0.4 is 0 Å². The van der Waals surface area contributed by atoms with Crippen LogP contribution >= 0.6 is 11.3 Å². The number of amides is 1. The SMILES string of the molecule is CC(Cc1cccs1)N(C)C(=O)c1ccc(C(=O)O)cn1. The fourth-order valence-electron chi connectivity index (χ4n) is 1.88. The average molecular weight is 304 g/mol. The quantitative estimate of drug-likeness (QED) is 0.921. The maximum atomic E-state index is 12.3. The van der Waals surface area contributed by atoms with Crippen molar-refractivity contribution < 1.29 is 14.7 Å². The minimum absolute atomic E-state index is 0.0390. The molecule has 1 atom stereocenters. The van der Waals surface area contributed by atoms with Gasteiger partial charge in [-0.3, -0.25) is 9.78 Å². The van der Waals surface area contributed by atoms with E-state index in [1.54, 1.807) is 23.3 Å². The molecule has 0 aliphatic rings. The first-order valence-corrected chi connectivity index (χ1v) is 7.36. The van der Waals surface area contributed by atoms with Gasteiger partial charge in [0.1, 0.15) is 5.69 Å². The highest BCUT2D eigenvalue weighted by molar-refractivity contribution is 7.09. The van der Waals surface area contributed by atoms with E-state index in [1.807, 2.05) is 24.4 Å². The van der Waals surface area contributed by atoms with Gasteiger partial charge in [0, 0.05) is 30.6 Å². The summed E-state index contributed by atoms with van der Waals surface area (Å²) in [5.74, 6) is -1.27. The molecule has 1 N–H and O–H groups in total. The third-order valence-corrected chi connectivity index (χ3v) is 4.19. The summed E-state index contributed by atoms with van der Waals surface area (Å²) in [6, 6.07) is 6.90. The lowest BCUT2D eigenvalue weighted by atomic mass is 10.1. The summed E-state index contributed by atoms with van der Waals surface area (Å²) in [6.07, 6.45) is 1.99. The Morgan fingerprint density at radius 2 is 2.14 bits per heavy atom. The molecular formula is C15H16N2O3S. The summed E-state index contributed by atoms with van der Waals surface area (Å²) in [5, 5.41) is 10.8. The molecule has 110 valence electrons. The number of rotatable bonds is 5. The number of thiophene rings is 1. The van der Waals surface area contributed by atoms with Gasteiger partial charge < -0.3 is 10.0 Å². The number of carboxylic acid groups (broad SMARTS) is 1. The molecular weight excluding hydrogens is 288 g/mol. The van der Waals surface area contributed by atoms with E-state index in [0.717, 1.165) is 6.42 Å². The Morgan fingerprint density at radius 3 is 2.67 bits per heavy atom. The monoisotopic (exact) mass is 304 g/mol. The Labute approximate surface area is 126 Å². The number of nitrogens with zero attached hydrogens (tertiary/aromatic N) is 2. The van der Waals surface area contributed by atoms with Crippen molar-refractivity contribution in [2.45, 2.75) is 19.4 Å². The van der Waals surface area contributed by atoms with E-state index < -0.39 is 5.97 Å². The van der Waals surface area contributed by atoms with Gasteiger partial charge in [-0.25, -0.2) is 4.79 Å². The fourth-order valence-corrected chi connectivity index (χ4v) is 2.71. The van der Waals surface area contributed by atoms with Gasteiger partial charge in [-0.05, 0) is 30.5 Å². The van der Waals surface area contributed by atoms with Crippen molar-refractivity contribution in [2.24, 2.45) is 0 Å². The molecule has 0 spiro atoms. The Bertz CT molecular complexity index is 623. The van der Waals surface area contributed by atoms with Crippen LogP contribution in [-0.2, 0) is 6.42 Å². The first-order valence-electron chi connectivity index (χ1n) is 6.48. The number of pyridine rings is 1. The molecule has 0 radical (unpaired) electrons. The topological polar surface area (TPSA) is 70.5 Å². The van der Waals surface area contributed by atoms with Crippen molar-refractivity contribution in [3.8, 4) is 0 Å². The van der Waals surface area contributed by atoms with Crippen molar-refractivity contribution in [3.05, 3.63) is 52.0 Å². The van der Waals surface area contributed by atoms with E-state index in [-0.39, 0.29) is 23.2 Å². The third-order valence-electron chi connectivity index (χ3n) is 3.29. The molecule has 0 aliphatic heterocycles. The number of hydrogen-bond donors (Lipinski definition) is 1. The summed E-state index contributed by atoms with van der Waals surface area (Å²) >= 11 is 1.66. The number of aromatic carboxylic acids is 1. The van der Waals surface area contributed by atoms with Crippen LogP contribution in [0.1, 0.15) is 32.6 Å². The van der Waals surface area contributed by atoms with E-state index in [9.17, 15) is 9.59 Å². The number of carbonyl (C=O) groups is 2.